The highest BCUT2D eigenvalue weighted by molar-refractivity contribution is 7.10. The third-order valence-electron chi connectivity index (χ3n) is 6.29. The van der Waals surface area contributed by atoms with Crippen molar-refractivity contribution in [3.05, 3.63) is 50.4 Å². The lowest BCUT2D eigenvalue weighted by Gasteiger charge is -2.33. The van der Waals surface area contributed by atoms with Crippen molar-refractivity contribution in [1.29, 1.82) is 0 Å². The Kier molecular flexibility index (Phi) is 6.42. The average Bonchev–Trinajstić information content (AvgIpc) is 3.52. The largest absolute Gasteiger partial charge is 0.497 e. The van der Waals surface area contributed by atoms with Gasteiger partial charge in [-0.1, -0.05) is 11.3 Å². The van der Waals surface area contributed by atoms with E-state index in [0.717, 1.165) is 11.3 Å². The van der Waals surface area contributed by atoms with Crippen LogP contribution in [-0.4, -0.2) is 51.7 Å². The number of hydrogen-bond donors (Lipinski definition) is 0. The monoisotopic (exact) mass is 528 g/mol. The molecule has 2 aliphatic rings. The van der Waals surface area contributed by atoms with Crippen LogP contribution in [0, 0.1) is 0 Å². The number of anilines is 2. The van der Waals surface area contributed by atoms with Gasteiger partial charge in [0.1, 0.15) is 18.1 Å². The number of ether oxygens (including phenoxy) is 6. The van der Waals surface area contributed by atoms with E-state index in [0.29, 0.717) is 50.7 Å². The molecule has 2 aliphatic heterocycles. The van der Waals surface area contributed by atoms with E-state index < -0.39 is 16.8 Å². The van der Waals surface area contributed by atoms with Crippen molar-refractivity contribution >= 4 is 34.7 Å². The molecule has 3 heterocycles. The zero-order valence-corrected chi connectivity index (χ0v) is 21.4. The Morgan fingerprint density at radius 1 is 1.03 bits per heavy atom. The number of methoxy groups -OCH3 is 4. The lowest BCUT2D eigenvalue weighted by atomic mass is 9.89. The van der Waals surface area contributed by atoms with Gasteiger partial charge in [0.05, 0.1) is 39.0 Å². The van der Waals surface area contributed by atoms with Gasteiger partial charge in [-0.05, 0) is 30.3 Å². The van der Waals surface area contributed by atoms with Gasteiger partial charge in [0, 0.05) is 17.9 Å². The zero-order chi connectivity index (χ0) is 26.3. The van der Waals surface area contributed by atoms with E-state index in [-0.39, 0.29) is 25.7 Å². The molecule has 0 unspecified atom stereocenters. The molecule has 0 spiro atoms. The molecular weight excluding hydrogens is 504 g/mol. The number of thiazole rings is 1. The molecule has 1 atom stereocenters. The Bertz CT molecular complexity index is 1430. The molecule has 0 N–H and O–H groups in total. The second-order valence-electron chi connectivity index (χ2n) is 8.17. The van der Waals surface area contributed by atoms with Gasteiger partial charge in [-0.2, -0.15) is 0 Å². The fourth-order valence-electron chi connectivity index (χ4n) is 4.59. The third kappa shape index (κ3) is 4.02. The number of carbonyl (C=O) groups is 2. The second-order valence-corrected chi connectivity index (χ2v) is 9.16. The maximum absolute atomic E-state index is 13.7. The number of aromatic nitrogens is 1. The summed E-state index contributed by atoms with van der Waals surface area (Å²) in [7, 11) is 5.78. The van der Waals surface area contributed by atoms with E-state index in [9.17, 15) is 14.4 Å². The Morgan fingerprint density at radius 2 is 1.76 bits per heavy atom. The fraction of sp³-hybridized carbons (Fsp3) is 0.320. The van der Waals surface area contributed by atoms with Gasteiger partial charge in [-0.25, -0.2) is 0 Å². The molecule has 0 radical (unpaired) electrons. The zero-order valence-electron chi connectivity index (χ0n) is 20.6. The summed E-state index contributed by atoms with van der Waals surface area (Å²) in [5.41, 5.74) is 1.12. The maximum atomic E-state index is 13.7. The van der Waals surface area contributed by atoms with Crippen LogP contribution in [0.4, 0.5) is 11.5 Å². The summed E-state index contributed by atoms with van der Waals surface area (Å²) in [6, 6.07) is 8.60. The summed E-state index contributed by atoms with van der Waals surface area (Å²) in [6.07, 6.45) is 0.0242. The summed E-state index contributed by atoms with van der Waals surface area (Å²) in [5, 5.41) is 0. The minimum absolute atomic E-state index is 0.00552. The third-order valence-corrected chi connectivity index (χ3v) is 7.37. The second kappa shape index (κ2) is 9.69. The molecule has 0 aliphatic carbocycles. The van der Waals surface area contributed by atoms with Crippen LogP contribution in [0.3, 0.4) is 0 Å². The molecule has 0 saturated carbocycles. The van der Waals surface area contributed by atoms with Crippen LogP contribution in [0.15, 0.2) is 35.1 Å². The molecule has 194 valence electrons. The van der Waals surface area contributed by atoms with Crippen LogP contribution in [0.25, 0.3) is 0 Å². The first kappa shape index (κ1) is 24.5. The molecule has 5 rings (SSSR count). The van der Waals surface area contributed by atoms with Gasteiger partial charge in [-0.15, -0.1) is 0 Å². The van der Waals surface area contributed by atoms with E-state index in [1.54, 1.807) is 37.4 Å². The summed E-state index contributed by atoms with van der Waals surface area (Å²) in [4.78, 5) is 40.8. The SMILES string of the molecule is COC(=O)Cn1c2c(sc1=O)[C@H](c1cc(OC)c3c(c1OC)OCO3)CC(=O)N2c1ccc(OC)cc1. The normalized spacial score (nSPS) is 15.8. The van der Waals surface area contributed by atoms with Crippen molar-refractivity contribution in [3.8, 4) is 28.7 Å². The van der Waals surface area contributed by atoms with Gasteiger partial charge in [0.15, 0.2) is 11.5 Å². The van der Waals surface area contributed by atoms with Crippen molar-refractivity contribution in [2.45, 2.75) is 18.9 Å². The van der Waals surface area contributed by atoms with Gasteiger partial charge in [0.25, 0.3) is 0 Å². The number of rotatable bonds is 7. The average molecular weight is 529 g/mol. The number of amides is 1. The lowest BCUT2D eigenvalue weighted by molar-refractivity contribution is -0.141. The summed E-state index contributed by atoms with van der Waals surface area (Å²) in [6.45, 7) is -0.357. The Labute approximate surface area is 215 Å². The highest BCUT2D eigenvalue weighted by atomic mass is 32.1. The van der Waals surface area contributed by atoms with Gasteiger partial charge < -0.3 is 28.4 Å². The van der Waals surface area contributed by atoms with E-state index in [1.165, 1.54) is 30.8 Å². The van der Waals surface area contributed by atoms with Crippen LogP contribution in [0.1, 0.15) is 22.8 Å². The lowest BCUT2D eigenvalue weighted by Crippen LogP contribution is -2.36. The van der Waals surface area contributed by atoms with Crippen molar-refractivity contribution < 1.29 is 38.0 Å². The number of hydrogen-bond acceptors (Lipinski definition) is 10. The molecule has 1 amide bonds. The molecule has 37 heavy (non-hydrogen) atoms. The Balaban J connectivity index is 1.73. The smallest absolute Gasteiger partial charge is 0.325 e. The van der Waals surface area contributed by atoms with Crippen molar-refractivity contribution in [1.82, 2.24) is 4.57 Å². The van der Waals surface area contributed by atoms with Gasteiger partial charge in [0.2, 0.25) is 24.2 Å². The molecular formula is C25H24N2O9S. The van der Waals surface area contributed by atoms with Crippen molar-refractivity contribution in [2.24, 2.45) is 0 Å². The molecule has 0 saturated heterocycles. The van der Waals surface area contributed by atoms with E-state index >= 15 is 0 Å². The Hall–Kier alpha value is -4.19. The predicted molar refractivity (Wildman–Crippen MR) is 133 cm³/mol. The summed E-state index contributed by atoms with van der Waals surface area (Å²) < 4.78 is 33.7. The van der Waals surface area contributed by atoms with Crippen LogP contribution in [-0.2, 0) is 20.9 Å². The first-order chi connectivity index (χ1) is 17.9. The standard InChI is InChI=1S/C25H24N2O9S/c1-31-14-7-5-13(6-8-14)27-18(28)10-16(23-24(27)26(25(30)37-23)11-19(29)33-3)15-9-17(32-2)21-22(20(15)34-4)36-12-35-21/h5-9,16H,10-12H2,1-4H3/t16-/m0/s1. The molecule has 1 aromatic heterocycles. The van der Waals surface area contributed by atoms with E-state index in [1.807, 2.05) is 0 Å². The predicted octanol–water partition coefficient (Wildman–Crippen LogP) is 3.04. The minimum atomic E-state index is -0.616. The summed E-state index contributed by atoms with van der Waals surface area (Å²) in [5.74, 6) is 1.00. The maximum Gasteiger partial charge on any atom is 0.325 e. The van der Waals surface area contributed by atoms with Crippen molar-refractivity contribution in [2.75, 3.05) is 40.1 Å². The number of esters is 1. The van der Waals surface area contributed by atoms with Gasteiger partial charge >= 0.3 is 10.8 Å². The molecule has 0 fully saturated rings. The minimum Gasteiger partial charge on any atom is -0.497 e. The van der Waals surface area contributed by atoms with E-state index in [4.69, 9.17) is 28.4 Å². The first-order valence-electron chi connectivity index (χ1n) is 11.2. The fourth-order valence-corrected chi connectivity index (χ4v) is 5.68. The quantitative estimate of drug-likeness (QED) is 0.427. The molecule has 2 aromatic carbocycles. The highest BCUT2D eigenvalue weighted by Crippen LogP contribution is 2.55. The molecule has 0 bridgehead atoms. The summed E-state index contributed by atoms with van der Waals surface area (Å²) >= 11 is 0.959. The number of nitrogens with zero attached hydrogens (tertiary/aromatic N) is 2. The van der Waals surface area contributed by atoms with Crippen LogP contribution >= 0.6 is 11.3 Å². The number of fused-ring (bicyclic) bond motifs is 2. The van der Waals surface area contributed by atoms with Crippen molar-refractivity contribution in [3.63, 3.8) is 0 Å². The number of carbonyl (C=O) groups excluding carboxylic acids is 2. The molecule has 3 aromatic rings. The molecule has 11 nitrogen and oxygen atoms in total. The van der Waals surface area contributed by atoms with Crippen LogP contribution in [0.2, 0.25) is 0 Å². The molecule has 12 heteroatoms. The highest BCUT2D eigenvalue weighted by Gasteiger charge is 2.41. The van der Waals surface area contributed by atoms with E-state index in [2.05, 4.69) is 0 Å². The Morgan fingerprint density at radius 3 is 2.41 bits per heavy atom. The number of benzene rings is 2. The van der Waals surface area contributed by atoms with Crippen LogP contribution in [0.5, 0.6) is 28.7 Å². The topological polar surface area (TPSA) is 115 Å². The van der Waals surface area contributed by atoms with Crippen LogP contribution < -0.4 is 33.5 Å². The first-order valence-corrected chi connectivity index (χ1v) is 12.0. The van der Waals surface area contributed by atoms with Gasteiger partial charge in [-0.3, -0.25) is 23.9 Å².